The Balaban J connectivity index is 2.95. The van der Waals surface area contributed by atoms with Crippen LogP contribution in [0.1, 0.15) is 22.8 Å². The lowest BCUT2D eigenvalue weighted by atomic mass is 9.95. The number of nitrogens with one attached hydrogen (secondary N) is 2. The summed E-state index contributed by atoms with van der Waals surface area (Å²) in [5.41, 5.74) is -1.59. The van der Waals surface area contributed by atoms with Gasteiger partial charge in [0.15, 0.2) is 5.60 Å². The molecule has 0 spiro atoms. The summed E-state index contributed by atoms with van der Waals surface area (Å²) < 4.78 is 49.5. The van der Waals surface area contributed by atoms with Gasteiger partial charge >= 0.3 is 0 Å². The Morgan fingerprint density at radius 2 is 1.70 bits per heavy atom. The molecule has 0 saturated heterocycles. The predicted molar refractivity (Wildman–Crippen MR) is 84.9 cm³/mol. The van der Waals surface area contributed by atoms with Gasteiger partial charge in [-0.25, -0.2) is 14.3 Å². The van der Waals surface area contributed by atoms with Crippen LogP contribution in [-0.4, -0.2) is 46.6 Å². The van der Waals surface area contributed by atoms with E-state index in [0.29, 0.717) is 12.5 Å². The maximum absolute atomic E-state index is 12.9. The van der Waals surface area contributed by atoms with E-state index in [4.69, 9.17) is 5.21 Å². The highest BCUT2D eigenvalue weighted by molar-refractivity contribution is 5.97. The van der Waals surface area contributed by atoms with Gasteiger partial charge in [0.1, 0.15) is 6.04 Å². The quantitative estimate of drug-likeness (QED) is 0.262. The molecule has 1 rings (SSSR count). The standard InChI is InChI=1S/C17H14F4N2O4/c1-17(26,16(20)21)13(15(25)23-27)22-14(24)11-8-6-10(7-9-11)4-2-3-5-12(18)19/h6-9,12-13,16,26-27H,1H3,(H,22,24)(H,23,25)/t13-,17?/m1/s1. The molecule has 0 aliphatic heterocycles. The van der Waals surface area contributed by atoms with Crippen LogP contribution in [0.4, 0.5) is 17.6 Å². The number of hydrogen-bond donors (Lipinski definition) is 4. The first kappa shape index (κ1) is 22.0. The van der Waals surface area contributed by atoms with E-state index >= 15 is 0 Å². The molecule has 1 aromatic rings. The Morgan fingerprint density at radius 3 is 2.19 bits per heavy atom. The maximum Gasteiger partial charge on any atom is 0.299 e. The van der Waals surface area contributed by atoms with Crippen LogP contribution in [0.2, 0.25) is 0 Å². The van der Waals surface area contributed by atoms with E-state index in [1.807, 2.05) is 11.2 Å². The molecule has 0 saturated carbocycles. The van der Waals surface area contributed by atoms with Gasteiger partial charge in [0, 0.05) is 11.1 Å². The molecule has 2 atom stereocenters. The third kappa shape index (κ3) is 6.29. The second-order valence-electron chi connectivity index (χ2n) is 5.31. The number of carbonyl (C=O) groups is 2. The third-order valence-electron chi connectivity index (χ3n) is 3.27. The maximum atomic E-state index is 12.9. The number of alkyl halides is 4. The average molecular weight is 386 g/mol. The minimum Gasteiger partial charge on any atom is -0.381 e. The monoisotopic (exact) mass is 386 g/mol. The summed E-state index contributed by atoms with van der Waals surface area (Å²) in [5.74, 6) is 5.68. The van der Waals surface area contributed by atoms with Crippen molar-refractivity contribution in [3.05, 3.63) is 35.4 Å². The molecule has 0 radical (unpaired) electrons. The molecule has 0 aromatic heterocycles. The van der Waals surface area contributed by atoms with Gasteiger partial charge in [0.25, 0.3) is 24.7 Å². The first-order valence-corrected chi connectivity index (χ1v) is 7.24. The van der Waals surface area contributed by atoms with Crippen molar-refractivity contribution in [1.82, 2.24) is 10.8 Å². The Morgan fingerprint density at radius 1 is 1.11 bits per heavy atom. The lowest BCUT2D eigenvalue weighted by molar-refractivity contribution is -0.149. The second-order valence-corrected chi connectivity index (χ2v) is 5.31. The van der Waals surface area contributed by atoms with Crippen molar-refractivity contribution in [3.8, 4) is 23.7 Å². The SMILES string of the molecule is CC(O)(C(F)F)[C@H](NC(=O)c1ccc(C#CC#CC(F)F)cc1)C(=O)NO. The van der Waals surface area contributed by atoms with Crippen LogP contribution in [0, 0.1) is 23.7 Å². The summed E-state index contributed by atoms with van der Waals surface area (Å²) in [6, 6.07) is 2.98. The molecule has 10 heteroatoms. The van der Waals surface area contributed by atoms with E-state index in [1.54, 1.807) is 5.92 Å². The molecule has 144 valence electrons. The molecular formula is C17H14F4N2O4. The van der Waals surface area contributed by atoms with E-state index in [0.717, 1.165) is 5.48 Å². The van der Waals surface area contributed by atoms with E-state index in [-0.39, 0.29) is 5.56 Å². The Hall–Kier alpha value is -3.08. The minimum atomic E-state index is -3.40. The van der Waals surface area contributed by atoms with Crippen molar-refractivity contribution in [2.24, 2.45) is 0 Å². The van der Waals surface area contributed by atoms with Crippen LogP contribution >= 0.6 is 0 Å². The van der Waals surface area contributed by atoms with Crippen molar-refractivity contribution in [1.29, 1.82) is 0 Å². The molecule has 27 heavy (non-hydrogen) atoms. The third-order valence-corrected chi connectivity index (χ3v) is 3.27. The topological polar surface area (TPSA) is 98.7 Å². The van der Waals surface area contributed by atoms with Gasteiger partial charge in [-0.05, 0) is 49.0 Å². The summed E-state index contributed by atoms with van der Waals surface area (Å²) in [6.07, 6.45) is -6.20. The molecule has 0 aliphatic carbocycles. The molecule has 0 bridgehead atoms. The Labute approximate surface area is 151 Å². The van der Waals surface area contributed by atoms with Gasteiger partial charge in [-0.3, -0.25) is 14.8 Å². The van der Waals surface area contributed by atoms with Gasteiger partial charge in [-0.15, -0.1) is 0 Å². The van der Waals surface area contributed by atoms with Crippen LogP contribution < -0.4 is 10.8 Å². The number of carbonyl (C=O) groups excluding carboxylic acids is 2. The normalized spacial score (nSPS) is 13.5. The predicted octanol–water partition coefficient (Wildman–Crippen LogP) is 0.927. The highest BCUT2D eigenvalue weighted by Crippen LogP contribution is 2.20. The number of amides is 2. The number of aliphatic hydroxyl groups is 1. The molecule has 0 aliphatic rings. The van der Waals surface area contributed by atoms with E-state index in [9.17, 15) is 32.3 Å². The summed E-state index contributed by atoms with van der Waals surface area (Å²) in [4.78, 5) is 23.6. The Kier molecular flexibility index (Phi) is 7.79. The first-order chi connectivity index (χ1) is 12.6. The van der Waals surface area contributed by atoms with E-state index in [1.165, 1.54) is 24.3 Å². The fourth-order valence-electron chi connectivity index (χ4n) is 1.78. The van der Waals surface area contributed by atoms with Crippen molar-refractivity contribution >= 4 is 11.8 Å². The number of benzene rings is 1. The van der Waals surface area contributed by atoms with Gasteiger partial charge in [-0.2, -0.15) is 8.78 Å². The summed E-state index contributed by atoms with van der Waals surface area (Å²) >= 11 is 0. The van der Waals surface area contributed by atoms with E-state index in [2.05, 4.69) is 11.8 Å². The average Bonchev–Trinajstić information content (AvgIpc) is 2.62. The van der Waals surface area contributed by atoms with Crippen LogP contribution in [0.25, 0.3) is 0 Å². The van der Waals surface area contributed by atoms with Gasteiger partial charge < -0.3 is 10.4 Å². The molecule has 2 amide bonds. The molecule has 4 N–H and O–H groups in total. The minimum absolute atomic E-state index is 0.0694. The number of rotatable bonds is 5. The van der Waals surface area contributed by atoms with Crippen molar-refractivity contribution in [2.75, 3.05) is 0 Å². The zero-order valence-corrected chi connectivity index (χ0v) is 13.8. The zero-order chi connectivity index (χ0) is 20.6. The van der Waals surface area contributed by atoms with Crippen LogP contribution in [0.15, 0.2) is 24.3 Å². The highest BCUT2D eigenvalue weighted by Gasteiger charge is 2.46. The number of hydrogen-bond acceptors (Lipinski definition) is 4. The summed E-state index contributed by atoms with van der Waals surface area (Å²) in [7, 11) is 0. The van der Waals surface area contributed by atoms with Crippen LogP contribution in [0.3, 0.4) is 0 Å². The smallest absolute Gasteiger partial charge is 0.299 e. The van der Waals surface area contributed by atoms with Crippen LogP contribution in [-0.2, 0) is 4.79 Å². The molecular weight excluding hydrogens is 372 g/mol. The fraction of sp³-hybridized carbons (Fsp3) is 0.294. The molecule has 0 fully saturated rings. The Bertz CT molecular complexity index is 802. The highest BCUT2D eigenvalue weighted by atomic mass is 19.3. The molecule has 0 heterocycles. The van der Waals surface area contributed by atoms with Crippen molar-refractivity contribution < 1.29 is 37.5 Å². The number of hydroxylamine groups is 1. The molecule has 1 unspecified atom stereocenters. The van der Waals surface area contributed by atoms with Crippen LogP contribution in [0.5, 0.6) is 0 Å². The largest absolute Gasteiger partial charge is 0.381 e. The number of halogens is 4. The fourth-order valence-corrected chi connectivity index (χ4v) is 1.78. The van der Waals surface area contributed by atoms with Crippen molar-refractivity contribution in [2.45, 2.75) is 31.4 Å². The second kappa shape index (κ2) is 9.57. The molecule has 6 nitrogen and oxygen atoms in total. The summed E-state index contributed by atoms with van der Waals surface area (Å²) in [6.45, 7) is 0.622. The summed E-state index contributed by atoms with van der Waals surface area (Å²) in [5, 5.41) is 20.3. The lowest BCUT2D eigenvalue weighted by Crippen LogP contribution is -2.61. The van der Waals surface area contributed by atoms with Gasteiger partial charge in [-0.1, -0.05) is 5.92 Å². The van der Waals surface area contributed by atoms with E-state index < -0.39 is 36.3 Å². The lowest BCUT2D eigenvalue weighted by Gasteiger charge is -2.30. The molecule has 1 aromatic carbocycles. The first-order valence-electron chi connectivity index (χ1n) is 7.24. The van der Waals surface area contributed by atoms with Gasteiger partial charge in [0.05, 0.1) is 0 Å². The van der Waals surface area contributed by atoms with Crippen molar-refractivity contribution in [3.63, 3.8) is 0 Å². The zero-order valence-electron chi connectivity index (χ0n) is 13.8. The van der Waals surface area contributed by atoms with Gasteiger partial charge in [0.2, 0.25) is 0 Å².